The highest BCUT2D eigenvalue weighted by Crippen LogP contribution is 2.26. The average Bonchev–Trinajstić information content (AvgIpc) is 2.97. The summed E-state index contributed by atoms with van der Waals surface area (Å²) < 4.78 is 0. The van der Waals surface area contributed by atoms with Crippen LogP contribution in [-0.4, -0.2) is 34.3 Å². The number of amides is 2. The first-order valence-electron chi connectivity index (χ1n) is 15.4. The minimum atomic E-state index is -1.47. The Balaban J connectivity index is 1.71. The molecule has 220 valence electrons. The van der Waals surface area contributed by atoms with Crippen LogP contribution in [-0.2, 0) is 16.1 Å². The molecule has 0 aliphatic rings. The zero-order valence-electron chi connectivity index (χ0n) is 24.7. The van der Waals surface area contributed by atoms with Gasteiger partial charge in [0.05, 0.1) is 6.04 Å². The van der Waals surface area contributed by atoms with E-state index in [9.17, 15) is 19.5 Å². The number of benzene rings is 2. The van der Waals surface area contributed by atoms with Crippen LogP contribution in [0.4, 0.5) is 0 Å². The summed E-state index contributed by atoms with van der Waals surface area (Å²) in [5.74, 6) is -2.52. The summed E-state index contributed by atoms with van der Waals surface area (Å²) in [6.45, 7) is 5.01. The Morgan fingerprint density at radius 2 is 1.25 bits per heavy atom. The van der Waals surface area contributed by atoms with E-state index in [0.29, 0.717) is 18.5 Å². The fourth-order valence-electron chi connectivity index (χ4n) is 5.16. The topological polar surface area (TPSA) is 86.7 Å². The van der Waals surface area contributed by atoms with E-state index in [-0.39, 0.29) is 18.5 Å². The van der Waals surface area contributed by atoms with Crippen molar-refractivity contribution in [1.29, 1.82) is 0 Å². The third-order valence-electron chi connectivity index (χ3n) is 7.53. The molecule has 0 radical (unpaired) electrons. The lowest BCUT2D eigenvalue weighted by Crippen LogP contribution is -2.38. The van der Waals surface area contributed by atoms with Crippen LogP contribution in [0.25, 0.3) is 0 Å². The molecule has 40 heavy (non-hydrogen) atoms. The molecule has 0 heterocycles. The molecule has 1 atom stereocenters. The summed E-state index contributed by atoms with van der Waals surface area (Å²) >= 11 is 0. The third kappa shape index (κ3) is 12.4. The molecule has 0 aliphatic carbocycles. The molecule has 0 aromatic heterocycles. The zero-order valence-corrected chi connectivity index (χ0v) is 24.7. The van der Waals surface area contributed by atoms with Crippen molar-refractivity contribution in [2.45, 2.75) is 116 Å². The van der Waals surface area contributed by atoms with E-state index < -0.39 is 11.9 Å². The lowest BCUT2D eigenvalue weighted by atomic mass is 10.0. The third-order valence-corrected chi connectivity index (χ3v) is 7.53. The summed E-state index contributed by atoms with van der Waals surface area (Å²) in [6, 6.07) is 16.2. The number of carboxylic acids is 1. The van der Waals surface area contributed by atoms with Crippen LogP contribution in [0, 0.1) is 0 Å². The van der Waals surface area contributed by atoms with Crippen molar-refractivity contribution >= 4 is 17.8 Å². The maximum atomic E-state index is 12.6. The SMILES string of the molecule is CCCCCCCCCCCCCCCNC(=O)c1ccc(CN(C(=O)C(=O)O)C(CC)c2ccccc2)cc1. The van der Waals surface area contributed by atoms with Crippen molar-refractivity contribution in [3.8, 4) is 0 Å². The highest BCUT2D eigenvalue weighted by atomic mass is 16.4. The summed E-state index contributed by atoms with van der Waals surface area (Å²) in [4.78, 5) is 38.1. The minimum Gasteiger partial charge on any atom is -0.474 e. The molecule has 0 aliphatic heterocycles. The van der Waals surface area contributed by atoms with Crippen molar-refractivity contribution in [1.82, 2.24) is 10.2 Å². The van der Waals surface area contributed by atoms with Gasteiger partial charge in [-0.2, -0.15) is 0 Å². The van der Waals surface area contributed by atoms with Gasteiger partial charge in [-0.15, -0.1) is 0 Å². The lowest BCUT2D eigenvalue weighted by molar-refractivity contribution is -0.157. The van der Waals surface area contributed by atoms with Gasteiger partial charge in [-0.3, -0.25) is 9.59 Å². The van der Waals surface area contributed by atoms with Crippen LogP contribution < -0.4 is 5.32 Å². The molecule has 2 amide bonds. The quantitative estimate of drug-likeness (QED) is 0.129. The number of carboxylic acid groups (broad SMARTS) is 1. The predicted octanol–water partition coefficient (Wildman–Crippen LogP) is 8.07. The highest BCUT2D eigenvalue weighted by molar-refractivity contribution is 6.31. The highest BCUT2D eigenvalue weighted by Gasteiger charge is 2.28. The molecular weight excluding hydrogens is 500 g/mol. The molecule has 0 saturated carbocycles. The molecule has 0 spiro atoms. The lowest BCUT2D eigenvalue weighted by Gasteiger charge is -2.30. The first-order valence-corrected chi connectivity index (χ1v) is 15.4. The number of nitrogens with one attached hydrogen (secondary N) is 1. The first kappa shape index (κ1) is 33.1. The number of carbonyl (C=O) groups excluding carboxylic acids is 2. The summed E-state index contributed by atoms with van der Waals surface area (Å²) in [5, 5.41) is 12.4. The van der Waals surface area contributed by atoms with Gasteiger partial charge in [0.1, 0.15) is 0 Å². The Bertz CT molecular complexity index is 991. The zero-order chi connectivity index (χ0) is 29.0. The number of hydrogen-bond donors (Lipinski definition) is 2. The van der Waals surface area contributed by atoms with Gasteiger partial charge in [-0.1, -0.05) is 133 Å². The normalized spacial score (nSPS) is 11.7. The van der Waals surface area contributed by atoms with Crippen molar-refractivity contribution in [3.05, 3.63) is 71.3 Å². The van der Waals surface area contributed by atoms with E-state index in [1.54, 1.807) is 24.3 Å². The predicted molar refractivity (Wildman–Crippen MR) is 162 cm³/mol. The van der Waals surface area contributed by atoms with E-state index >= 15 is 0 Å². The van der Waals surface area contributed by atoms with E-state index in [4.69, 9.17) is 0 Å². The summed E-state index contributed by atoms with van der Waals surface area (Å²) in [5.41, 5.74) is 2.23. The van der Waals surface area contributed by atoms with Crippen LogP contribution in [0.5, 0.6) is 0 Å². The van der Waals surface area contributed by atoms with Crippen LogP contribution >= 0.6 is 0 Å². The van der Waals surface area contributed by atoms with Crippen molar-refractivity contribution in [2.75, 3.05) is 6.54 Å². The molecule has 6 nitrogen and oxygen atoms in total. The second-order valence-electron chi connectivity index (χ2n) is 10.8. The first-order chi connectivity index (χ1) is 19.5. The van der Waals surface area contributed by atoms with Gasteiger partial charge in [0.15, 0.2) is 0 Å². The van der Waals surface area contributed by atoms with Crippen molar-refractivity contribution in [2.24, 2.45) is 0 Å². The fourth-order valence-corrected chi connectivity index (χ4v) is 5.16. The smallest absolute Gasteiger partial charge is 0.394 e. The maximum Gasteiger partial charge on any atom is 0.394 e. The van der Waals surface area contributed by atoms with E-state index in [1.807, 2.05) is 37.3 Å². The molecule has 1 unspecified atom stereocenters. The second-order valence-corrected chi connectivity index (χ2v) is 10.8. The van der Waals surface area contributed by atoms with Gasteiger partial charge in [-0.05, 0) is 36.1 Å². The Hall–Kier alpha value is -3.15. The van der Waals surface area contributed by atoms with Crippen molar-refractivity contribution < 1.29 is 19.5 Å². The van der Waals surface area contributed by atoms with Crippen LogP contribution in [0.2, 0.25) is 0 Å². The van der Waals surface area contributed by atoms with Crippen LogP contribution in [0.3, 0.4) is 0 Å². The van der Waals surface area contributed by atoms with Crippen LogP contribution in [0.1, 0.15) is 131 Å². The molecule has 2 aromatic rings. The molecule has 6 heteroatoms. The number of aliphatic carboxylic acids is 1. The largest absolute Gasteiger partial charge is 0.474 e. The van der Waals surface area contributed by atoms with Gasteiger partial charge in [0.25, 0.3) is 5.91 Å². The molecule has 2 N–H and O–H groups in total. The number of carbonyl (C=O) groups is 3. The average molecular weight is 551 g/mol. The van der Waals surface area contributed by atoms with E-state index in [2.05, 4.69) is 12.2 Å². The molecule has 0 bridgehead atoms. The number of rotatable bonds is 20. The van der Waals surface area contributed by atoms with Gasteiger partial charge in [-0.25, -0.2) is 4.79 Å². The van der Waals surface area contributed by atoms with Gasteiger partial charge in [0.2, 0.25) is 0 Å². The fraction of sp³-hybridized carbons (Fsp3) is 0.559. The van der Waals surface area contributed by atoms with Gasteiger partial charge < -0.3 is 15.3 Å². The van der Waals surface area contributed by atoms with Crippen molar-refractivity contribution in [3.63, 3.8) is 0 Å². The van der Waals surface area contributed by atoms with Crippen LogP contribution in [0.15, 0.2) is 54.6 Å². The van der Waals surface area contributed by atoms with Gasteiger partial charge >= 0.3 is 11.9 Å². The minimum absolute atomic E-state index is 0.111. The second kappa shape index (κ2) is 19.8. The molecule has 2 rings (SSSR count). The summed E-state index contributed by atoms with van der Waals surface area (Å²) in [7, 11) is 0. The summed E-state index contributed by atoms with van der Waals surface area (Å²) in [6.07, 6.45) is 17.4. The Morgan fingerprint density at radius 3 is 1.75 bits per heavy atom. The Labute approximate surface area is 241 Å². The number of unbranched alkanes of at least 4 members (excludes halogenated alkanes) is 12. The number of nitrogens with zero attached hydrogens (tertiary/aromatic N) is 1. The Morgan fingerprint density at radius 1 is 0.725 bits per heavy atom. The Kier molecular flexibility index (Phi) is 16.4. The van der Waals surface area contributed by atoms with Gasteiger partial charge in [0, 0.05) is 18.7 Å². The number of hydrogen-bond acceptors (Lipinski definition) is 3. The van der Waals surface area contributed by atoms with E-state index in [0.717, 1.165) is 24.0 Å². The molecule has 2 aromatic carbocycles. The maximum absolute atomic E-state index is 12.6. The monoisotopic (exact) mass is 550 g/mol. The molecular formula is C34H50N2O4. The molecule has 0 fully saturated rings. The van der Waals surface area contributed by atoms with E-state index in [1.165, 1.54) is 75.5 Å². The standard InChI is InChI=1S/C34H50N2O4/c1-3-5-6-7-8-9-10-11-12-13-14-15-19-26-35-32(37)30-24-22-28(23-25-30)27-36(33(38)34(39)40)31(4-2)29-20-17-16-18-21-29/h16-18,20-25,31H,3-15,19,26-27H2,1-2H3,(H,35,37)(H,39,40). The molecule has 0 saturated heterocycles.